The third kappa shape index (κ3) is 4.34. The zero-order valence-electron chi connectivity index (χ0n) is 15.6. The summed E-state index contributed by atoms with van der Waals surface area (Å²) in [6.45, 7) is 7.03. The standard InChI is InChI=1S/C21H28N2O2S/c1-3-19-9-11-21(12-10-19)26(24,25)23-16-15-22(18(2)17-23)14-13-20-7-5-4-6-8-20/h4-12,18H,3,13-17H2,1-2H3. The first-order valence-corrected chi connectivity index (χ1v) is 10.8. The van der Waals surface area contributed by atoms with E-state index in [0.717, 1.165) is 31.5 Å². The van der Waals surface area contributed by atoms with Gasteiger partial charge in [-0.15, -0.1) is 0 Å². The molecule has 1 aliphatic rings. The second-order valence-corrected chi connectivity index (χ2v) is 8.92. The number of piperazine rings is 1. The van der Waals surface area contributed by atoms with Crippen LogP contribution in [-0.2, 0) is 22.9 Å². The second-order valence-electron chi connectivity index (χ2n) is 6.98. The van der Waals surface area contributed by atoms with Crippen LogP contribution in [0.4, 0.5) is 0 Å². The Hall–Kier alpha value is -1.69. The van der Waals surface area contributed by atoms with E-state index in [0.29, 0.717) is 18.0 Å². The predicted molar refractivity (Wildman–Crippen MR) is 106 cm³/mol. The molecule has 4 nitrogen and oxygen atoms in total. The quantitative estimate of drug-likeness (QED) is 0.782. The van der Waals surface area contributed by atoms with Crippen LogP contribution in [0.15, 0.2) is 59.5 Å². The maximum Gasteiger partial charge on any atom is 0.243 e. The smallest absolute Gasteiger partial charge is 0.243 e. The number of nitrogens with zero attached hydrogens (tertiary/aromatic N) is 2. The maximum atomic E-state index is 12.9. The number of sulfonamides is 1. The van der Waals surface area contributed by atoms with E-state index in [1.54, 1.807) is 16.4 Å². The van der Waals surface area contributed by atoms with Gasteiger partial charge < -0.3 is 0 Å². The Kier molecular flexibility index (Phi) is 6.12. The average Bonchev–Trinajstić information content (AvgIpc) is 2.68. The summed E-state index contributed by atoms with van der Waals surface area (Å²) in [6.07, 6.45) is 1.91. The first-order chi connectivity index (χ1) is 12.5. The second kappa shape index (κ2) is 8.33. The van der Waals surface area contributed by atoms with Crippen LogP contribution in [-0.4, -0.2) is 49.8 Å². The highest BCUT2D eigenvalue weighted by atomic mass is 32.2. The van der Waals surface area contributed by atoms with E-state index in [4.69, 9.17) is 0 Å². The fourth-order valence-corrected chi connectivity index (χ4v) is 4.99. The van der Waals surface area contributed by atoms with E-state index in [-0.39, 0.29) is 6.04 Å². The molecule has 1 heterocycles. The third-order valence-corrected chi connectivity index (χ3v) is 7.11. The van der Waals surface area contributed by atoms with E-state index in [1.807, 2.05) is 18.2 Å². The number of hydrogen-bond acceptors (Lipinski definition) is 3. The molecule has 0 bridgehead atoms. The van der Waals surface area contributed by atoms with Crippen LogP contribution in [0.1, 0.15) is 25.0 Å². The number of benzene rings is 2. The Morgan fingerprint density at radius 1 is 0.962 bits per heavy atom. The average molecular weight is 373 g/mol. The van der Waals surface area contributed by atoms with E-state index >= 15 is 0 Å². The minimum Gasteiger partial charge on any atom is -0.298 e. The summed E-state index contributed by atoms with van der Waals surface area (Å²) in [5.74, 6) is 0. The molecule has 140 valence electrons. The SMILES string of the molecule is CCc1ccc(S(=O)(=O)N2CCN(CCc3ccccc3)C(C)C2)cc1. The molecule has 1 unspecified atom stereocenters. The Morgan fingerprint density at radius 3 is 2.27 bits per heavy atom. The fraction of sp³-hybridized carbons (Fsp3) is 0.429. The van der Waals surface area contributed by atoms with Gasteiger partial charge in [-0.2, -0.15) is 4.31 Å². The maximum absolute atomic E-state index is 12.9. The van der Waals surface area contributed by atoms with Gasteiger partial charge in [-0.3, -0.25) is 4.90 Å². The van der Waals surface area contributed by atoms with E-state index in [2.05, 4.69) is 43.0 Å². The van der Waals surface area contributed by atoms with Gasteiger partial charge in [0.1, 0.15) is 0 Å². The van der Waals surface area contributed by atoms with Crippen molar-refractivity contribution >= 4 is 10.0 Å². The van der Waals surface area contributed by atoms with Crippen LogP contribution < -0.4 is 0 Å². The molecule has 3 rings (SSSR count). The van der Waals surface area contributed by atoms with Crippen LogP contribution >= 0.6 is 0 Å². The molecule has 0 aromatic heterocycles. The Bertz CT molecular complexity index is 804. The minimum atomic E-state index is -3.40. The summed E-state index contributed by atoms with van der Waals surface area (Å²) in [5, 5.41) is 0. The molecule has 5 heteroatoms. The van der Waals surface area contributed by atoms with E-state index < -0.39 is 10.0 Å². The Morgan fingerprint density at radius 2 is 1.65 bits per heavy atom. The highest BCUT2D eigenvalue weighted by Gasteiger charge is 2.31. The molecule has 1 fully saturated rings. The summed E-state index contributed by atoms with van der Waals surface area (Å²) in [7, 11) is -3.40. The zero-order valence-corrected chi connectivity index (χ0v) is 16.5. The van der Waals surface area contributed by atoms with E-state index in [1.165, 1.54) is 5.56 Å². The predicted octanol–water partition coefficient (Wildman–Crippen LogP) is 3.19. The number of rotatable bonds is 6. The molecule has 1 saturated heterocycles. The molecule has 2 aromatic rings. The van der Waals surface area contributed by atoms with Gasteiger partial charge in [0.25, 0.3) is 0 Å². The normalized spacial score (nSPS) is 19.5. The lowest BCUT2D eigenvalue weighted by Crippen LogP contribution is -2.53. The van der Waals surface area contributed by atoms with Gasteiger partial charge in [-0.05, 0) is 43.0 Å². The van der Waals surface area contributed by atoms with Crippen LogP contribution in [0.2, 0.25) is 0 Å². The van der Waals surface area contributed by atoms with Crippen LogP contribution in [0.5, 0.6) is 0 Å². The summed E-state index contributed by atoms with van der Waals surface area (Å²) in [4.78, 5) is 2.79. The van der Waals surface area contributed by atoms with Crippen LogP contribution in [0, 0.1) is 0 Å². The molecule has 0 amide bonds. The molecule has 0 spiro atoms. The monoisotopic (exact) mass is 372 g/mol. The molecule has 0 aliphatic carbocycles. The zero-order chi connectivity index (χ0) is 18.6. The van der Waals surface area contributed by atoms with Gasteiger partial charge in [0, 0.05) is 32.2 Å². The van der Waals surface area contributed by atoms with Gasteiger partial charge in [0.2, 0.25) is 10.0 Å². The van der Waals surface area contributed by atoms with Gasteiger partial charge in [-0.25, -0.2) is 8.42 Å². The summed E-state index contributed by atoms with van der Waals surface area (Å²) in [5.41, 5.74) is 2.48. The van der Waals surface area contributed by atoms with Crippen LogP contribution in [0.3, 0.4) is 0 Å². The Balaban J connectivity index is 1.61. The first-order valence-electron chi connectivity index (χ1n) is 9.38. The summed E-state index contributed by atoms with van der Waals surface area (Å²) < 4.78 is 27.5. The lowest BCUT2D eigenvalue weighted by molar-refractivity contribution is 0.130. The van der Waals surface area contributed by atoms with Crippen molar-refractivity contribution in [1.29, 1.82) is 0 Å². The van der Waals surface area contributed by atoms with Gasteiger partial charge in [0.05, 0.1) is 4.90 Å². The van der Waals surface area contributed by atoms with Crippen LogP contribution in [0.25, 0.3) is 0 Å². The molecule has 0 N–H and O–H groups in total. The molecular weight excluding hydrogens is 344 g/mol. The van der Waals surface area contributed by atoms with Crippen molar-refractivity contribution < 1.29 is 8.42 Å². The van der Waals surface area contributed by atoms with Crippen molar-refractivity contribution in [3.63, 3.8) is 0 Å². The first kappa shape index (κ1) is 19.1. The fourth-order valence-electron chi connectivity index (χ4n) is 3.48. The minimum absolute atomic E-state index is 0.220. The van der Waals surface area contributed by atoms with Crippen molar-refractivity contribution in [1.82, 2.24) is 9.21 Å². The number of hydrogen-bond donors (Lipinski definition) is 0. The molecule has 0 radical (unpaired) electrons. The largest absolute Gasteiger partial charge is 0.298 e. The summed E-state index contributed by atoms with van der Waals surface area (Å²) >= 11 is 0. The molecule has 0 saturated carbocycles. The van der Waals surface area contributed by atoms with Crippen molar-refractivity contribution in [2.75, 3.05) is 26.2 Å². The van der Waals surface area contributed by atoms with Gasteiger partial charge >= 0.3 is 0 Å². The molecule has 2 aromatic carbocycles. The summed E-state index contributed by atoms with van der Waals surface area (Å²) in [6, 6.07) is 18.0. The highest BCUT2D eigenvalue weighted by Crippen LogP contribution is 2.21. The van der Waals surface area contributed by atoms with Gasteiger partial charge in [0.15, 0.2) is 0 Å². The van der Waals surface area contributed by atoms with Crippen molar-refractivity contribution in [3.8, 4) is 0 Å². The van der Waals surface area contributed by atoms with Crippen molar-refractivity contribution in [3.05, 3.63) is 65.7 Å². The number of aryl methyl sites for hydroxylation is 1. The lowest BCUT2D eigenvalue weighted by Gasteiger charge is -2.39. The third-order valence-electron chi connectivity index (χ3n) is 5.23. The highest BCUT2D eigenvalue weighted by molar-refractivity contribution is 7.89. The Labute approximate surface area is 157 Å². The van der Waals surface area contributed by atoms with Crippen molar-refractivity contribution in [2.45, 2.75) is 37.6 Å². The topological polar surface area (TPSA) is 40.6 Å². The lowest BCUT2D eigenvalue weighted by atomic mass is 10.1. The van der Waals surface area contributed by atoms with Crippen molar-refractivity contribution in [2.24, 2.45) is 0 Å². The van der Waals surface area contributed by atoms with E-state index in [9.17, 15) is 8.42 Å². The van der Waals surface area contributed by atoms with Gasteiger partial charge in [-0.1, -0.05) is 49.4 Å². The molecular formula is C21H28N2O2S. The molecule has 26 heavy (non-hydrogen) atoms. The molecule has 1 aliphatic heterocycles. The molecule has 1 atom stereocenters.